The van der Waals surface area contributed by atoms with Crippen LogP contribution in [0.1, 0.15) is 52.4 Å². The van der Waals surface area contributed by atoms with Crippen molar-refractivity contribution in [1.82, 2.24) is 9.62 Å². The molecule has 0 saturated heterocycles. The minimum atomic E-state index is -3.03. The monoisotopic (exact) mass is 276 g/mol. The molecule has 5 heteroatoms. The molecule has 0 spiro atoms. The Bertz CT molecular complexity index is 313. The molecule has 0 atom stereocenters. The summed E-state index contributed by atoms with van der Waals surface area (Å²) in [7, 11) is -3.03. The van der Waals surface area contributed by atoms with E-state index in [1.54, 1.807) is 4.31 Å². The van der Waals surface area contributed by atoms with Gasteiger partial charge in [-0.1, -0.05) is 20.3 Å². The Morgan fingerprint density at radius 3 is 2.39 bits per heavy atom. The zero-order valence-electron chi connectivity index (χ0n) is 11.8. The summed E-state index contributed by atoms with van der Waals surface area (Å²) in [6.45, 7) is 6.71. The minimum Gasteiger partial charge on any atom is -0.317 e. The van der Waals surface area contributed by atoms with Gasteiger partial charge in [-0.3, -0.25) is 0 Å². The van der Waals surface area contributed by atoms with Crippen LogP contribution in [-0.2, 0) is 10.0 Å². The maximum absolute atomic E-state index is 12.2. The lowest BCUT2D eigenvalue weighted by Gasteiger charge is -2.21. The van der Waals surface area contributed by atoms with Crippen LogP contribution < -0.4 is 5.32 Å². The van der Waals surface area contributed by atoms with Gasteiger partial charge in [-0.05, 0) is 45.2 Å². The third kappa shape index (κ3) is 5.67. The van der Waals surface area contributed by atoms with Crippen LogP contribution in [0.5, 0.6) is 0 Å². The predicted molar refractivity (Wildman–Crippen MR) is 76.2 cm³/mol. The molecule has 0 unspecified atom stereocenters. The molecule has 108 valence electrons. The van der Waals surface area contributed by atoms with Crippen molar-refractivity contribution in [1.29, 1.82) is 0 Å². The average molecular weight is 276 g/mol. The molecule has 1 N–H and O–H groups in total. The highest BCUT2D eigenvalue weighted by Crippen LogP contribution is 2.29. The Balaban J connectivity index is 2.33. The molecule has 1 saturated carbocycles. The van der Waals surface area contributed by atoms with Crippen molar-refractivity contribution >= 4 is 10.0 Å². The fraction of sp³-hybridized carbons (Fsp3) is 1.00. The second-order valence-electron chi connectivity index (χ2n) is 5.12. The van der Waals surface area contributed by atoms with Crippen molar-refractivity contribution in [2.75, 3.05) is 25.4 Å². The van der Waals surface area contributed by atoms with Gasteiger partial charge in [0.25, 0.3) is 0 Å². The van der Waals surface area contributed by atoms with E-state index in [1.165, 1.54) is 0 Å². The lowest BCUT2D eigenvalue weighted by molar-refractivity contribution is 0.394. The van der Waals surface area contributed by atoms with Gasteiger partial charge in [0.15, 0.2) is 0 Å². The standard InChI is InChI=1S/C13H28N2O2S/c1-3-5-11-15(13-7-8-13)18(16,17)12-6-10-14-9-4-2/h13-14H,3-12H2,1-2H3. The fourth-order valence-corrected chi connectivity index (χ4v) is 3.84. The van der Waals surface area contributed by atoms with Gasteiger partial charge in [0, 0.05) is 12.6 Å². The Kier molecular flexibility index (Phi) is 7.19. The molecule has 1 aliphatic rings. The van der Waals surface area contributed by atoms with Crippen LogP contribution in [0.25, 0.3) is 0 Å². The first-order valence-electron chi connectivity index (χ1n) is 7.32. The van der Waals surface area contributed by atoms with E-state index >= 15 is 0 Å². The van der Waals surface area contributed by atoms with E-state index in [2.05, 4.69) is 19.2 Å². The van der Waals surface area contributed by atoms with Gasteiger partial charge >= 0.3 is 0 Å². The van der Waals surface area contributed by atoms with Crippen LogP contribution in [0.15, 0.2) is 0 Å². The Morgan fingerprint density at radius 2 is 1.83 bits per heavy atom. The first kappa shape index (κ1) is 15.9. The molecule has 18 heavy (non-hydrogen) atoms. The van der Waals surface area contributed by atoms with Crippen LogP contribution in [0, 0.1) is 0 Å². The van der Waals surface area contributed by atoms with E-state index in [4.69, 9.17) is 0 Å². The third-order valence-electron chi connectivity index (χ3n) is 3.23. The summed E-state index contributed by atoms with van der Waals surface area (Å²) in [5.41, 5.74) is 0. The predicted octanol–water partition coefficient (Wildman–Crippen LogP) is 1.97. The number of hydrogen-bond acceptors (Lipinski definition) is 3. The van der Waals surface area contributed by atoms with Crippen molar-refractivity contribution in [2.24, 2.45) is 0 Å². The van der Waals surface area contributed by atoms with Gasteiger partial charge in [-0.15, -0.1) is 0 Å². The van der Waals surface area contributed by atoms with Gasteiger partial charge in [0.2, 0.25) is 10.0 Å². The van der Waals surface area contributed by atoms with E-state index in [0.29, 0.717) is 18.3 Å². The number of sulfonamides is 1. The molecule has 0 amide bonds. The third-order valence-corrected chi connectivity index (χ3v) is 5.23. The Labute approximate surface area is 112 Å². The second kappa shape index (κ2) is 8.12. The summed E-state index contributed by atoms with van der Waals surface area (Å²) >= 11 is 0. The van der Waals surface area contributed by atoms with Gasteiger partial charge < -0.3 is 5.32 Å². The van der Waals surface area contributed by atoms with Crippen LogP contribution >= 0.6 is 0 Å². The molecule has 0 heterocycles. The summed E-state index contributed by atoms with van der Waals surface area (Å²) < 4.78 is 26.3. The smallest absolute Gasteiger partial charge is 0.214 e. The Morgan fingerprint density at radius 1 is 1.11 bits per heavy atom. The number of nitrogens with zero attached hydrogens (tertiary/aromatic N) is 1. The van der Waals surface area contributed by atoms with Crippen molar-refractivity contribution in [2.45, 2.75) is 58.4 Å². The molecule has 0 radical (unpaired) electrons. The molecule has 0 bridgehead atoms. The van der Waals surface area contributed by atoms with Gasteiger partial charge in [-0.2, -0.15) is 4.31 Å². The van der Waals surface area contributed by atoms with Crippen molar-refractivity contribution in [3.8, 4) is 0 Å². The van der Waals surface area contributed by atoms with E-state index < -0.39 is 10.0 Å². The van der Waals surface area contributed by atoms with Crippen LogP contribution in [0.3, 0.4) is 0 Å². The fourth-order valence-electron chi connectivity index (χ4n) is 2.02. The summed E-state index contributed by atoms with van der Waals surface area (Å²) in [6.07, 6.45) is 5.95. The summed E-state index contributed by atoms with van der Waals surface area (Å²) in [6, 6.07) is 0.310. The normalized spacial score (nSPS) is 16.4. The lowest BCUT2D eigenvalue weighted by atomic mass is 10.3. The molecule has 0 aromatic carbocycles. The highest BCUT2D eigenvalue weighted by molar-refractivity contribution is 7.89. The van der Waals surface area contributed by atoms with Gasteiger partial charge in [-0.25, -0.2) is 8.42 Å². The van der Waals surface area contributed by atoms with E-state index in [0.717, 1.165) is 51.6 Å². The first-order valence-corrected chi connectivity index (χ1v) is 8.93. The molecule has 0 aliphatic heterocycles. The minimum absolute atomic E-state index is 0.296. The molecule has 0 aromatic heterocycles. The number of hydrogen-bond donors (Lipinski definition) is 1. The zero-order valence-corrected chi connectivity index (χ0v) is 12.6. The maximum atomic E-state index is 12.2. The SMILES string of the molecule is CCCCN(C1CC1)S(=O)(=O)CCCNCCC. The molecular formula is C13H28N2O2S. The first-order chi connectivity index (χ1) is 8.61. The van der Waals surface area contributed by atoms with E-state index in [1.807, 2.05) is 0 Å². The van der Waals surface area contributed by atoms with E-state index in [9.17, 15) is 8.42 Å². The topological polar surface area (TPSA) is 49.4 Å². The van der Waals surface area contributed by atoms with Gasteiger partial charge in [0.05, 0.1) is 5.75 Å². The van der Waals surface area contributed by atoms with Crippen molar-refractivity contribution < 1.29 is 8.42 Å². The quantitative estimate of drug-likeness (QED) is 0.587. The zero-order chi connectivity index (χ0) is 13.4. The van der Waals surface area contributed by atoms with Crippen LogP contribution in [0.2, 0.25) is 0 Å². The molecule has 0 aromatic rings. The molecule has 1 fully saturated rings. The van der Waals surface area contributed by atoms with Crippen LogP contribution in [-0.4, -0.2) is 44.2 Å². The highest BCUT2D eigenvalue weighted by Gasteiger charge is 2.36. The largest absolute Gasteiger partial charge is 0.317 e. The number of nitrogens with one attached hydrogen (secondary N) is 1. The second-order valence-corrected chi connectivity index (χ2v) is 7.16. The maximum Gasteiger partial charge on any atom is 0.214 e. The summed E-state index contributed by atoms with van der Waals surface area (Å²) in [5, 5.41) is 3.25. The lowest BCUT2D eigenvalue weighted by Crippen LogP contribution is -2.36. The summed E-state index contributed by atoms with van der Waals surface area (Å²) in [4.78, 5) is 0. The average Bonchev–Trinajstić information content (AvgIpc) is 3.13. The molecule has 4 nitrogen and oxygen atoms in total. The Hall–Kier alpha value is -0.130. The molecule has 1 rings (SSSR count). The van der Waals surface area contributed by atoms with Crippen molar-refractivity contribution in [3.05, 3.63) is 0 Å². The molecular weight excluding hydrogens is 248 g/mol. The number of rotatable bonds is 11. The molecule has 1 aliphatic carbocycles. The van der Waals surface area contributed by atoms with Crippen LogP contribution in [0.4, 0.5) is 0 Å². The summed E-state index contributed by atoms with van der Waals surface area (Å²) in [5.74, 6) is 0.296. The van der Waals surface area contributed by atoms with E-state index in [-0.39, 0.29) is 0 Å². The number of unbranched alkanes of at least 4 members (excludes halogenated alkanes) is 1. The highest BCUT2D eigenvalue weighted by atomic mass is 32.2. The van der Waals surface area contributed by atoms with Gasteiger partial charge in [0.1, 0.15) is 0 Å². The van der Waals surface area contributed by atoms with Crippen molar-refractivity contribution in [3.63, 3.8) is 0 Å².